The van der Waals surface area contributed by atoms with Crippen LogP contribution in [0.5, 0.6) is 0 Å². The normalized spacial score (nSPS) is 19.4. The highest BCUT2D eigenvalue weighted by molar-refractivity contribution is 6.27. The van der Waals surface area contributed by atoms with Gasteiger partial charge in [-0.3, -0.25) is 9.79 Å². The number of hydrogen-bond acceptors (Lipinski definition) is 4. The lowest BCUT2D eigenvalue weighted by Crippen LogP contribution is -2.31. The molecule has 1 aromatic carbocycles. The van der Waals surface area contributed by atoms with Crippen LogP contribution in [0.25, 0.3) is 0 Å². The maximum Gasteiger partial charge on any atom is 0.261 e. The minimum Gasteiger partial charge on any atom is -0.383 e. The molecule has 0 bridgehead atoms. The van der Waals surface area contributed by atoms with E-state index in [1.165, 1.54) is 5.01 Å². The van der Waals surface area contributed by atoms with Gasteiger partial charge in [-0.25, -0.2) is 0 Å². The fourth-order valence-corrected chi connectivity index (χ4v) is 2.21. The van der Waals surface area contributed by atoms with Gasteiger partial charge in [-0.2, -0.15) is 10.1 Å². The molecule has 0 saturated carbocycles. The Labute approximate surface area is 119 Å². The van der Waals surface area contributed by atoms with E-state index < -0.39 is 0 Å². The van der Waals surface area contributed by atoms with Crippen molar-refractivity contribution in [1.29, 1.82) is 0 Å². The summed E-state index contributed by atoms with van der Waals surface area (Å²) in [5.41, 5.74) is 2.34. The molecular weight excluding hydrogens is 254 g/mol. The second-order valence-corrected chi connectivity index (χ2v) is 4.68. The Morgan fingerprint density at radius 2 is 2.10 bits per heavy atom. The van der Waals surface area contributed by atoms with Crippen molar-refractivity contribution in [3.8, 4) is 0 Å². The summed E-state index contributed by atoms with van der Waals surface area (Å²) in [5.74, 6) is -0.403. The summed E-state index contributed by atoms with van der Waals surface area (Å²) in [6, 6.07) is 9.43. The number of hydrogen-bond donors (Lipinski definition) is 0. The Morgan fingerprint density at radius 3 is 2.75 bits per heavy atom. The van der Waals surface area contributed by atoms with Gasteiger partial charge in [-0.1, -0.05) is 18.2 Å². The molecule has 1 aliphatic heterocycles. The van der Waals surface area contributed by atoms with Crippen molar-refractivity contribution in [2.24, 2.45) is 16.0 Å². The van der Waals surface area contributed by atoms with Crippen molar-refractivity contribution in [2.75, 3.05) is 25.3 Å². The van der Waals surface area contributed by atoms with Crippen molar-refractivity contribution in [2.45, 2.75) is 13.8 Å². The molecule has 0 aliphatic carbocycles. The molecule has 0 aromatic heterocycles. The lowest BCUT2D eigenvalue weighted by atomic mass is 9.99. The van der Waals surface area contributed by atoms with E-state index in [9.17, 15) is 4.79 Å². The summed E-state index contributed by atoms with van der Waals surface area (Å²) >= 11 is 0. The molecule has 0 fully saturated rings. The molecule has 20 heavy (non-hydrogen) atoms. The molecule has 0 unspecified atom stereocenters. The molecule has 1 amide bonds. The van der Waals surface area contributed by atoms with Gasteiger partial charge in [-0.05, 0) is 26.0 Å². The van der Waals surface area contributed by atoms with Gasteiger partial charge < -0.3 is 4.74 Å². The van der Waals surface area contributed by atoms with Gasteiger partial charge in [0.15, 0.2) is 0 Å². The number of anilines is 1. The minimum atomic E-state index is -0.355. The number of para-hydroxylation sites is 1. The zero-order valence-electron chi connectivity index (χ0n) is 12.0. The highest BCUT2D eigenvalue weighted by Crippen LogP contribution is 2.24. The number of nitrogens with zero attached hydrogens (tertiary/aromatic N) is 3. The Bertz CT molecular complexity index is 537. The Balaban J connectivity index is 2.17. The first-order valence-corrected chi connectivity index (χ1v) is 6.59. The van der Waals surface area contributed by atoms with Crippen LogP contribution in [0, 0.1) is 5.92 Å². The van der Waals surface area contributed by atoms with E-state index in [1.807, 2.05) is 44.2 Å². The molecule has 1 atom stereocenters. The Morgan fingerprint density at radius 1 is 1.40 bits per heavy atom. The third-order valence-corrected chi connectivity index (χ3v) is 3.21. The zero-order valence-corrected chi connectivity index (χ0v) is 12.0. The average molecular weight is 273 g/mol. The molecule has 0 saturated heterocycles. The minimum absolute atomic E-state index is 0.0487. The Hall–Kier alpha value is -2.01. The number of benzene rings is 1. The molecule has 0 spiro atoms. The van der Waals surface area contributed by atoms with E-state index >= 15 is 0 Å². The van der Waals surface area contributed by atoms with E-state index in [-0.39, 0.29) is 11.8 Å². The maximum atomic E-state index is 12.5. The van der Waals surface area contributed by atoms with Crippen molar-refractivity contribution in [3.63, 3.8) is 0 Å². The molecule has 2 rings (SSSR count). The van der Waals surface area contributed by atoms with Gasteiger partial charge in [-0.15, -0.1) is 0 Å². The maximum absolute atomic E-state index is 12.5. The van der Waals surface area contributed by atoms with Crippen LogP contribution in [0.2, 0.25) is 0 Å². The molecule has 106 valence electrons. The topological polar surface area (TPSA) is 54.3 Å². The van der Waals surface area contributed by atoms with Gasteiger partial charge in [0.25, 0.3) is 5.91 Å². The number of carbonyl (C=O) groups excluding carboxylic acids is 1. The van der Waals surface area contributed by atoms with Crippen LogP contribution in [0.4, 0.5) is 5.69 Å². The second kappa shape index (κ2) is 6.43. The molecule has 1 heterocycles. The molecule has 0 N–H and O–H groups in total. The highest BCUT2D eigenvalue weighted by atomic mass is 16.5. The number of methoxy groups -OCH3 is 1. The molecule has 0 radical (unpaired) electrons. The predicted molar refractivity (Wildman–Crippen MR) is 80.4 cm³/mol. The molecular formula is C15H19N3O2. The smallest absolute Gasteiger partial charge is 0.261 e. The van der Waals surface area contributed by atoms with Crippen LogP contribution in [0.3, 0.4) is 0 Å². The summed E-state index contributed by atoms with van der Waals surface area (Å²) < 4.78 is 4.97. The van der Waals surface area contributed by atoms with Gasteiger partial charge in [0.2, 0.25) is 0 Å². The number of rotatable bonds is 5. The lowest BCUT2D eigenvalue weighted by molar-refractivity contribution is -0.118. The molecule has 1 aromatic rings. The summed E-state index contributed by atoms with van der Waals surface area (Å²) in [5, 5.41) is 5.81. The second-order valence-electron chi connectivity index (χ2n) is 4.68. The van der Waals surface area contributed by atoms with Crippen molar-refractivity contribution < 1.29 is 9.53 Å². The van der Waals surface area contributed by atoms with Crippen LogP contribution >= 0.6 is 0 Å². The first-order valence-electron chi connectivity index (χ1n) is 6.59. The van der Waals surface area contributed by atoms with E-state index in [1.54, 1.807) is 7.11 Å². The lowest BCUT2D eigenvalue weighted by Gasteiger charge is -2.14. The molecule has 5 nitrogen and oxygen atoms in total. The summed E-state index contributed by atoms with van der Waals surface area (Å²) in [7, 11) is 1.63. The van der Waals surface area contributed by atoms with Crippen LogP contribution in [0.1, 0.15) is 13.8 Å². The zero-order chi connectivity index (χ0) is 14.5. The van der Waals surface area contributed by atoms with Crippen molar-refractivity contribution >= 4 is 23.0 Å². The molecule has 5 heteroatoms. The van der Waals surface area contributed by atoms with Crippen molar-refractivity contribution in [3.05, 3.63) is 30.3 Å². The number of ether oxygens (including phenoxy) is 1. The van der Waals surface area contributed by atoms with E-state index in [0.29, 0.717) is 13.2 Å². The third-order valence-electron chi connectivity index (χ3n) is 3.21. The highest BCUT2D eigenvalue weighted by Gasteiger charge is 2.36. The number of hydrazone groups is 1. The quantitative estimate of drug-likeness (QED) is 0.609. The summed E-state index contributed by atoms with van der Waals surface area (Å²) in [6.07, 6.45) is 0. The van der Waals surface area contributed by atoms with Crippen LogP contribution in [-0.4, -0.2) is 37.6 Å². The van der Waals surface area contributed by atoms with Crippen molar-refractivity contribution in [1.82, 2.24) is 0 Å². The van der Waals surface area contributed by atoms with Crippen LogP contribution < -0.4 is 5.01 Å². The standard InChI is InChI=1S/C15H19N3O2/c1-11(16-9-10-20-3)14-12(2)17-18(15(14)19)13-7-5-4-6-8-13/h4-8,14H,9-10H2,1-3H3/t14-/m1/s1. The van der Waals surface area contributed by atoms with Crippen LogP contribution in [-0.2, 0) is 9.53 Å². The van der Waals surface area contributed by atoms with E-state index in [2.05, 4.69) is 10.1 Å². The van der Waals surface area contributed by atoms with E-state index in [4.69, 9.17) is 4.74 Å². The van der Waals surface area contributed by atoms with Gasteiger partial charge in [0.05, 0.1) is 24.6 Å². The molecule has 1 aliphatic rings. The fourth-order valence-electron chi connectivity index (χ4n) is 2.21. The first-order chi connectivity index (χ1) is 9.65. The predicted octanol–water partition coefficient (Wildman–Crippen LogP) is 2.13. The first kappa shape index (κ1) is 14.4. The van der Waals surface area contributed by atoms with Gasteiger partial charge in [0, 0.05) is 12.8 Å². The van der Waals surface area contributed by atoms with E-state index in [0.717, 1.165) is 17.1 Å². The fraction of sp³-hybridized carbons (Fsp3) is 0.400. The number of aliphatic imine (C=N–C) groups is 1. The van der Waals surface area contributed by atoms with Gasteiger partial charge in [0.1, 0.15) is 5.92 Å². The SMILES string of the molecule is COCCN=C(C)[C@H]1C(=O)N(c2ccccc2)N=C1C. The number of carbonyl (C=O) groups is 1. The van der Waals surface area contributed by atoms with Crippen LogP contribution in [0.15, 0.2) is 40.4 Å². The Kier molecular flexibility index (Phi) is 4.63. The largest absolute Gasteiger partial charge is 0.383 e. The monoisotopic (exact) mass is 273 g/mol. The summed E-state index contributed by atoms with van der Waals surface area (Å²) in [4.78, 5) is 16.9. The van der Waals surface area contributed by atoms with Gasteiger partial charge >= 0.3 is 0 Å². The summed E-state index contributed by atoms with van der Waals surface area (Å²) in [6.45, 7) is 4.84. The number of amides is 1. The third kappa shape index (κ3) is 2.93. The average Bonchev–Trinajstić information content (AvgIpc) is 2.75.